The molecule has 2 aromatic carbocycles. The van der Waals surface area contributed by atoms with Gasteiger partial charge in [-0.25, -0.2) is 4.68 Å². The van der Waals surface area contributed by atoms with E-state index in [1.165, 1.54) is 0 Å². The van der Waals surface area contributed by atoms with Crippen molar-refractivity contribution in [3.05, 3.63) is 70.3 Å². The molecule has 3 rings (SSSR count). The Hall–Kier alpha value is -2.17. The summed E-state index contributed by atoms with van der Waals surface area (Å²) in [5, 5.41) is 5.44. The number of para-hydroxylation sites is 1. The van der Waals surface area contributed by atoms with Crippen LogP contribution >= 0.6 is 23.2 Å². The van der Waals surface area contributed by atoms with E-state index < -0.39 is 0 Å². The minimum atomic E-state index is 0.359. The van der Waals surface area contributed by atoms with E-state index in [0.717, 1.165) is 11.3 Å². The van der Waals surface area contributed by atoms with E-state index in [1.54, 1.807) is 35.1 Å². The Bertz CT molecular complexity index is 802. The molecule has 0 saturated heterocycles. The smallest absolute Gasteiger partial charge is 0.233 e. The highest BCUT2D eigenvalue weighted by Crippen LogP contribution is 2.25. The van der Waals surface area contributed by atoms with E-state index in [2.05, 4.69) is 5.10 Å². The van der Waals surface area contributed by atoms with Crippen molar-refractivity contribution in [3.8, 4) is 11.6 Å². The Balaban J connectivity index is 1.75. The molecule has 0 saturated carbocycles. The maximum absolute atomic E-state index is 6.16. The number of hydrogen-bond donors (Lipinski definition) is 1. The lowest BCUT2D eigenvalue weighted by molar-refractivity contribution is 0.292. The quantitative estimate of drug-likeness (QED) is 0.722. The van der Waals surface area contributed by atoms with Crippen LogP contribution in [-0.2, 0) is 6.61 Å². The van der Waals surface area contributed by atoms with Crippen molar-refractivity contribution < 1.29 is 4.74 Å². The van der Waals surface area contributed by atoms with Crippen molar-refractivity contribution in [1.82, 2.24) is 9.78 Å². The zero-order valence-corrected chi connectivity index (χ0v) is 13.1. The van der Waals surface area contributed by atoms with Crippen LogP contribution in [0.5, 0.6) is 5.88 Å². The molecule has 1 aromatic heterocycles. The minimum absolute atomic E-state index is 0.359. The third kappa shape index (κ3) is 3.18. The Kier molecular flexibility index (Phi) is 4.22. The zero-order chi connectivity index (χ0) is 15.5. The first-order chi connectivity index (χ1) is 10.6. The number of anilines is 1. The van der Waals surface area contributed by atoms with Gasteiger partial charge in [0.2, 0.25) is 5.88 Å². The molecule has 112 valence electrons. The summed E-state index contributed by atoms with van der Waals surface area (Å²) in [7, 11) is 0. The molecule has 4 nitrogen and oxygen atoms in total. The minimum Gasteiger partial charge on any atom is -0.472 e. The number of benzene rings is 2. The molecule has 0 bridgehead atoms. The number of nitrogens with two attached hydrogens (primary N) is 1. The van der Waals surface area contributed by atoms with Crippen LogP contribution in [0.1, 0.15) is 5.56 Å². The van der Waals surface area contributed by atoms with Gasteiger partial charge in [0.05, 0.1) is 10.7 Å². The van der Waals surface area contributed by atoms with Gasteiger partial charge in [-0.3, -0.25) is 0 Å². The van der Waals surface area contributed by atoms with Crippen LogP contribution in [0.2, 0.25) is 10.0 Å². The lowest BCUT2D eigenvalue weighted by atomic mass is 10.2. The predicted octanol–water partition coefficient (Wildman–Crippen LogP) is 4.34. The second-order valence-corrected chi connectivity index (χ2v) is 5.53. The van der Waals surface area contributed by atoms with E-state index in [1.807, 2.05) is 24.3 Å². The number of nitrogens with zero attached hydrogens (tertiary/aromatic N) is 2. The summed E-state index contributed by atoms with van der Waals surface area (Å²) in [6, 6.07) is 14.6. The molecule has 0 fully saturated rings. The van der Waals surface area contributed by atoms with Crippen molar-refractivity contribution >= 4 is 28.9 Å². The van der Waals surface area contributed by atoms with Crippen molar-refractivity contribution in [2.75, 3.05) is 5.73 Å². The molecule has 0 aliphatic heterocycles. The van der Waals surface area contributed by atoms with Crippen LogP contribution in [0, 0.1) is 0 Å². The lowest BCUT2D eigenvalue weighted by Gasteiger charge is -2.06. The highest BCUT2D eigenvalue weighted by atomic mass is 35.5. The highest BCUT2D eigenvalue weighted by Gasteiger charge is 2.07. The Morgan fingerprint density at radius 3 is 2.68 bits per heavy atom. The standard InChI is InChI=1S/C16H13Cl2N3O/c17-12-5-6-15(13(18)9-12)21-8-7-16(20-21)22-10-11-3-1-2-4-14(11)19/h1-9H,10,19H2. The monoisotopic (exact) mass is 333 g/mol. The van der Waals surface area contributed by atoms with Crippen LogP contribution < -0.4 is 10.5 Å². The number of nitrogen functional groups attached to an aromatic ring is 1. The van der Waals surface area contributed by atoms with Crippen molar-refractivity contribution in [1.29, 1.82) is 0 Å². The molecular weight excluding hydrogens is 321 g/mol. The Morgan fingerprint density at radius 2 is 1.91 bits per heavy atom. The second-order valence-electron chi connectivity index (χ2n) is 4.68. The third-order valence-corrected chi connectivity index (χ3v) is 3.69. The molecule has 3 aromatic rings. The van der Waals surface area contributed by atoms with Gasteiger partial charge in [0.25, 0.3) is 0 Å². The van der Waals surface area contributed by atoms with E-state index in [4.69, 9.17) is 33.7 Å². The number of hydrogen-bond acceptors (Lipinski definition) is 3. The number of rotatable bonds is 4. The molecule has 0 unspecified atom stereocenters. The summed E-state index contributed by atoms with van der Waals surface area (Å²) in [5.41, 5.74) is 8.23. The fourth-order valence-electron chi connectivity index (χ4n) is 2.00. The summed E-state index contributed by atoms with van der Waals surface area (Å²) < 4.78 is 7.30. The van der Waals surface area contributed by atoms with Crippen LogP contribution in [-0.4, -0.2) is 9.78 Å². The van der Waals surface area contributed by atoms with Crippen molar-refractivity contribution in [3.63, 3.8) is 0 Å². The van der Waals surface area contributed by atoms with Crippen LogP contribution in [0.3, 0.4) is 0 Å². The van der Waals surface area contributed by atoms with Gasteiger partial charge in [-0.15, -0.1) is 5.10 Å². The van der Waals surface area contributed by atoms with E-state index >= 15 is 0 Å². The third-order valence-electron chi connectivity index (χ3n) is 3.15. The first-order valence-corrected chi connectivity index (χ1v) is 7.36. The Morgan fingerprint density at radius 1 is 1.09 bits per heavy atom. The molecule has 0 spiro atoms. The lowest BCUT2D eigenvalue weighted by Crippen LogP contribution is -2.01. The van der Waals surface area contributed by atoms with Gasteiger partial charge < -0.3 is 10.5 Å². The van der Waals surface area contributed by atoms with Gasteiger partial charge in [-0.05, 0) is 24.3 Å². The van der Waals surface area contributed by atoms with Crippen LogP contribution in [0.25, 0.3) is 5.69 Å². The number of halogens is 2. The maximum Gasteiger partial charge on any atom is 0.233 e. The SMILES string of the molecule is Nc1ccccc1COc1ccn(-c2ccc(Cl)cc2Cl)n1. The molecule has 0 amide bonds. The van der Waals surface area contributed by atoms with Crippen molar-refractivity contribution in [2.45, 2.75) is 6.61 Å². The van der Waals surface area contributed by atoms with Crippen LogP contribution in [0.4, 0.5) is 5.69 Å². The van der Waals surface area contributed by atoms with Gasteiger partial charge in [0, 0.05) is 28.5 Å². The first-order valence-electron chi connectivity index (χ1n) is 6.61. The Labute approximate surface area is 138 Å². The summed E-state index contributed by atoms with van der Waals surface area (Å²) in [6.45, 7) is 0.359. The van der Waals surface area contributed by atoms with E-state index in [9.17, 15) is 0 Å². The summed E-state index contributed by atoms with van der Waals surface area (Å²) >= 11 is 12.1. The first kappa shape index (κ1) is 14.8. The molecule has 0 aliphatic rings. The topological polar surface area (TPSA) is 53.1 Å². The summed E-state index contributed by atoms with van der Waals surface area (Å²) in [4.78, 5) is 0. The average molecular weight is 334 g/mol. The second kappa shape index (κ2) is 6.30. The summed E-state index contributed by atoms with van der Waals surface area (Å²) in [5.74, 6) is 0.495. The maximum atomic E-state index is 6.16. The number of ether oxygens (including phenoxy) is 1. The van der Waals surface area contributed by atoms with Gasteiger partial charge in [0.1, 0.15) is 6.61 Å². The largest absolute Gasteiger partial charge is 0.472 e. The molecular formula is C16H13Cl2N3O. The number of aromatic nitrogens is 2. The zero-order valence-electron chi connectivity index (χ0n) is 11.5. The molecule has 2 N–H and O–H groups in total. The van der Waals surface area contributed by atoms with Gasteiger partial charge in [-0.2, -0.15) is 0 Å². The molecule has 1 heterocycles. The average Bonchev–Trinajstić information content (AvgIpc) is 2.95. The fraction of sp³-hybridized carbons (Fsp3) is 0.0625. The van der Waals surface area contributed by atoms with Gasteiger partial charge >= 0.3 is 0 Å². The normalized spacial score (nSPS) is 10.6. The molecule has 0 aliphatic carbocycles. The van der Waals surface area contributed by atoms with Crippen molar-refractivity contribution in [2.24, 2.45) is 0 Å². The highest BCUT2D eigenvalue weighted by molar-refractivity contribution is 6.35. The summed E-state index contributed by atoms with van der Waals surface area (Å²) in [6.07, 6.45) is 1.78. The predicted molar refractivity (Wildman–Crippen MR) is 88.8 cm³/mol. The molecule has 22 heavy (non-hydrogen) atoms. The fourth-order valence-corrected chi connectivity index (χ4v) is 2.50. The van der Waals surface area contributed by atoms with Crippen LogP contribution in [0.15, 0.2) is 54.7 Å². The molecule has 6 heteroatoms. The molecule has 0 radical (unpaired) electrons. The molecule has 0 atom stereocenters. The van der Waals surface area contributed by atoms with Gasteiger partial charge in [0.15, 0.2) is 0 Å². The van der Waals surface area contributed by atoms with E-state index in [-0.39, 0.29) is 0 Å². The van der Waals surface area contributed by atoms with E-state index in [0.29, 0.717) is 28.2 Å². The van der Waals surface area contributed by atoms with Gasteiger partial charge in [-0.1, -0.05) is 41.4 Å².